The van der Waals surface area contributed by atoms with Crippen molar-refractivity contribution in [1.29, 1.82) is 0 Å². The summed E-state index contributed by atoms with van der Waals surface area (Å²) in [6, 6.07) is 13.8. The fourth-order valence-electron chi connectivity index (χ4n) is 3.71. The molecule has 0 N–H and O–H groups in total. The predicted molar refractivity (Wildman–Crippen MR) is 104 cm³/mol. The van der Waals surface area contributed by atoms with Gasteiger partial charge in [0.2, 0.25) is 5.91 Å². The van der Waals surface area contributed by atoms with Gasteiger partial charge in [-0.2, -0.15) is 0 Å². The van der Waals surface area contributed by atoms with Crippen molar-refractivity contribution in [3.05, 3.63) is 69.9 Å². The summed E-state index contributed by atoms with van der Waals surface area (Å²) >= 11 is 3.39. The number of hydrogen-bond donors (Lipinski definition) is 0. The summed E-state index contributed by atoms with van der Waals surface area (Å²) in [4.78, 5) is 29.0. The summed E-state index contributed by atoms with van der Waals surface area (Å²) < 4.78 is 13.9. The molecule has 27 heavy (non-hydrogen) atoms. The first-order valence-electron chi connectivity index (χ1n) is 9.12. The number of carbonyl (C=O) groups is 2. The largest absolute Gasteiger partial charge is 0.339 e. The Morgan fingerprint density at radius 2 is 1.63 bits per heavy atom. The van der Waals surface area contributed by atoms with Crippen LogP contribution in [0.25, 0.3) is 0 Å². The first kappa shape index (κ1) is 18.2. The zero-order valence-electron chi connectivity index (χ0n) is 14.8. The summed E-state index contributed by atoms with van der Waals surface area (Å²) in [5.74, 6) is 0.0774. The molecule has 0 radical (unpaired) electrons. The highest BCUT2D eigenvalue weighted by molar-refractivity contribution is 9.10. The Kier molecular flexibility index (Phi) is 5.00. The molecular formula is C21H20BrFN2O2. The summed E-state index contributed by atoms with van der Waals surface area (Å²) in [6.45, 7) is 2.21. The minimum Gasteiger partial charge on any atom is -0.339 e. The molecule has 1 heterocycles. The minimum absolute atomic E-state index is 0.000917. The van der Waals surface area contributed by atoms with Crippen LogP contribution in [0.3, 0.4) is 0 Å². The van der Waals surface area contributed by atoms with Crippen molar-refractivity contribution in [2.45, 2.75) is 12.3 Å². The van der Waals surface area contributed by atoms with Crippen molar-refractivity contribution >= 4 is 27.7 Å². The Morgan fingerprint density at radius 1 is 0.963 bits per heavy atom. The minimum atomic E-state index is -0.256. The Labute approximate surface area is 166 Å². The van der Waals surface area contributed by atoms with E-state index < -0.39 is 0 Å². The number of rotatable bonds is 3. The van der Waals surface area contributed by atoms with E-state index >= 15 is 0 Å². The van der Waals surface area contributed by atoms with E-state index in [2.05, 4.69) is 15.9 Å². The fraction of sp³-hybridized carbons (Fsp3) is 0.333. The highest BCUT2D eigenvalue weighted by atomic mass is 79.9. The molecule has 0 bridgehead atoms. The number of nitrogens with zero attached hydrogens (tertiary/aromatic N) is 2. The molecular weight excluding hydrogens is 411 g/mol. The molecule has 6 heteroatoms. The number of benzene rings is 2. The zero-order chi connectivity index (χ0) is 19.0. The normalized spacial score (nSPS) is 21.9. The van der Waals surface area contributed by atoms with Gasteiger partial charge in [0, 0.05) is 42.1 Å². The van der Waals surface area contributed by atoms with Gasteiger partial charge in [0.1, 0.15) is 5.82 Å². The van der Waals surface area contributed by atoms with Crippen LogP contribution in [0.15, 0.2) is 53.0 Å². The molecule has 4 nitrogen and oxygen atoms in total. The van der Waals surface area contributed by atoms with Crippen molar-refractivity contribution in [3.8, 4) is 0 Å². The van der Waals surface area contributed by atoms with Crippen molar-refractivity contribution in [2.24, 2.45) is 5.92 Å². The van der Waals surface area contributed by atoms with Gasteiger partial charge in [0.05, 0.1) is 0 Å². The average Bonchev–Trinajstić information content (AvgIpc) is 3.48. The predicted octanol–water partition coefficient (Wildman–Crippen LogP) is 3.68. The number of amides is 2. The highest BCUT2D eigenvalue weighted by Gasteiger charge is 2.46. The topological polar surface area (TPSA) is 40.6 Å². The summed E-state index contributed by atoms with van der Waals surface area (Å²) in [6.07, 6.45) is 0.821. The molecule has 1 aliphatic carbocycles. The first-order valence-corrected chi connectivity index (χ1v) is 9.91. The van der Waals surface area contributed by atoms with Gasteiger partial charge in [0.25, 0.3) is 5.91 Å². The van der Waals surface area contributed by atoms with Crippen LogP contribution >= 0.6 is 15.9 Å². The lowest BCUT2D eigenvalue weighted by molar-refractivity contribution is -0.134. The number of hydrogen-bond acceptors (Lipinski definition) is 2. The molecule has 2 amide bonds. The molecule has 2 atom stereocenters. The monoisotopic (exact) mass is 430 g/mol. The lowest BCUT2D eigenvalue weighted by Gasteiger charge is -2.35. The third-order valence-electron chi connectivity index (χ3n) is 5.36. The molecule has 1 aliphatic heterocycles. The van der Waals surface area contributed by atoms with Crippen molar-refractivity contribution in [2.75, 3.05) is 26.2 Å². The average molecular weight is 431 g/mol. The number of halogens is 2. The third-order valence-corrected chi connectivity index (χ3v) is 5.85. The van der Waals surface area contributed by atoms with Gasteiger partial charge in [-0.25, -0.2) is 4.39 Å². The lowest BCUT2D eigenvalue weighted by atomic mass is 10.1. The Hall–Kier alpha value is -2.21. The first-order chi connectivity index (χ1) is 13.0. The van der Waals surface area contributed by atoms with E-state index in [4.69, 9.17) is 0 Å². The van der Waals surface area contributed by atoms with Crippen LogP contribution in [0.5, 0.6) is 0 Å². The Balaban J connectivity index is 1.32. The molecule has 4 rings (SSSR count). The lowest BCUT2D eigenvalue weighted by Crippen LogP contribution is -2.51. The molecule has 140 valence electrons. The highest BCUT2D eigenvalue weighted by Crippen LogP contribution is 2.48. The van der Waals surface area contributed by atoms with E-state index in [0.717, 1.165) is 16.5 Å². The quantitative estimate of drug-likeness (QED) is 0.744. The van der Waals surface area contributed by atoms with Gasteiger partial charge < -0.3 is 9.80 Å². The summed E-state index contributed by atoms with van der Waals surface area (Å²) in [5.41, 5.74) is 1.68. The molecule has 1 saturated heterocycles. The molecule has 2 unspecified atom stereocenters. The molecule has 1 saturated carbocycles. The van der Waals surface area contributed by atoms with Crippen LogP contribution in [-0.2, 0) is 4.79 Å². The van der Waals surface area contributed by atoms with E-state index in [1.54, 1.807) is 17.0 Å². The van der Waals surface area contributed by atoms with E-state index in [1.807, 2.05) is 29.2 Å². The number of carbonyl (C=O) groups excluding carboxylic acids is 2. The van der Waals surface area contributed by atoms with Crippen molar-refractivity contribution in [1.82, 2.24) is 9.80 Å². The van der Waals surface area contributed by atoms with Crippen LogP contribution in [0.1, 0.15) is 28.3 Å². The van der Waals surface area contributed by atoms with Gasteiger partial charge in [-0.05, 0) is 48.2 Å². The van der Waals surface area contributed by atoms with E-state index in [9.17, 15) is 14.0 Å². The molecule has 2 fully saturated rings. The van der Waals surface area contributed by atoms with Gasteiger partial charge >= 0.3 is 0 Å². The maximum absolute atomic E-state index is 13.1. The van der Waals surface area contributed by atoms with Crippen LogP contribution in [0.4, 0.5) is 4.39 Å². The zero-order valence-corrected chi connectivity index (χ0v) is 16.4. The fourth-order valence-corrected chi connectivity index (χ4v) is 4.11. The SMILES string of the molecule is O=C(c1cccc(Br)c1)N1CCN(C(=O)C2CC2c2ccc(F)cc2)CC1. The Bertz CT molecular complexity index is 863. The maximum Gasteiger partial charge on any atom is 0.254 e. The maximum atomic E-state index is 13.1. The van der Waals surface area contributed by atoms with Gasteiger partial charge in [-0.3, -0.25) is 9.59 Å². The molecule has 2 aliphatic rings. The smallest absolute Gasteiger partial charge is 0.254 e. The second kappa shape index (κ2) is 7.43. The molecule has 0 aromatic heterocycles. The van der Waals surface area contributed by atoms with Gasteiger partial charge in [-0.15, -0.1) is 0 Å². The summed E-state index contributed by atoms with van der Waals surface area (Å²) in [5, 5.41) is 0. The molecule has 2 aromatic carbocycles. The third kappa shape index (κ3) is 3.90. The second-order valence-corrected chi connectivity index (χ2v) is 8.04. The molecule has 0 spiro atoms. The molecule has 2 aromatic rings. The van der Waals surface area contributed by atoms with E-state index in [0.29, 0.717) is 31.7 Å². The van der Waals surface area contributed by atoms with Crippen molar-refractivity contribution < 1.29 is 14.0 Å². The van der Waals surface area contributed by atoms with Crippen LogP contribution in [-0.4, -0.2) is 47.8 Å². The number of piperazine rings is 1. The second-order valence-electron chi connectivity index (χ2n) is 7.13. The Morgan fingerprint density at radius 3 is 2.30 bits per heavy atom. The summed E-state index contributed by atoms with van der Waals surface area (Å²) in [7, 11) is 0. The van der Waals surface area contributed by atoms with E-state index in [-0.39, 0.29) is 29.5 Å². The van der Waals surface area contributed by atoms with E-state index in [1.165, 1.54) is 12.1 Å². The standard InChI is InChI=1S/C21H20BrFN2O2/c22-16-3-1-2-15(12-16)20(26)24-8-10-25(11-9-24)21(27)19-13-18(19)14-4-6-17(23)7-5-14/h1-7,12,18-19H,8-11,13H2. The van der Waals surface area contributed by atoms with Gasteiger partial charge in [-0.1, -0.05) is 34.1 Å². The van der Waals surface area contributed by atoms with Crippen molar-refractivity contribution in [3.63, 3.8) is 0 Å². The van der Waals surface area contributed by atoms with Gasteiger partial charge in [0.15, 0.2) is 0 Å². The van der Waals surface area contributed by atoms with Crippen LogP contribution in [0, 0.1) is 11.7 Å². The van der Waals surface area contributed by atoms with Crippen LogP contribution < -0.4 is 0 Å². The van der Waals surface area contributed by atoms with Crippen LogP contribution in [0.2, 0.25) is 0 Å².